The van der Waals surface area contributed by atoms with E-state index >= 15 is 0 Å². The van der Waals surface area contributed by atoms with E-state index in [1.807, 2.05) is 0 Å². The maximum Gasteiger partial charge on any atom is 0.435 e. The first kappa shape index (κ1) is 17.1. The van der Waals surface area contributed by atoms with E-state index in [1.54, 1.807) is 43.6 Å². The third-order valence-corrected chi connectivity index (χ3v) is 2.93. The molecule has 0 spiro atoms. The number of halogens is 1. The Hall–Kier alpha value is -2.24. The Morgan fingerprint density at radius 1 is 1.48 bits per heavy atom. The number of nitrogens with one attached hydrogen (secondary N) is 1. The van der Waals surface area contributed by atoms with Crippen LogP contribution in [0.15, 0.2) is 31.8 Å². The predicted molar refractivity (Wildman–Crippen MR) is 92.9 cm³/mol. The molecule has 3 N–H and O–H groups in total. The lowest BCUT2D eigenvalue weighted by molar-refractivity contribution is 0.0514. The summed E-state index contributed by atoms with van der Waals surface area (Å²) in [5, 5.41) is 7.84. The summed E-state index contributed by atoms with van der Waals surface area (Å²) in [7, 11) is 0. The lowest BCUT2D eigenvalue weighted by Gasteiger charge is -2.18. The van der Waals surface area contributed by atoms with E-state index in [0.717, 1.165) is 4.68 Å². The van der Waals surface area contributed by atoms with Gasteiger partial charge in [-0.15, -0.1) is 8.44 Å². The third kappa shape index (κ3) is 3.94. The zero-order valence-corrected chi connectivity index (χ0v) is 14.9. The van der Waals surface area contributed by atoms with Gasteiger partial charge in [-0.2, -0.15) is 9.78 Å². The molecule has 0 aliphatic heterocycles. The van der Waals surface area contributed by atoms with Gasteiger partial charge in [0, 0.05) is 23.5 Å². The molecule has 10 heteroatoms. The fourth-order valence-electron chi connectivity index (χ4n) is 1.77. The van der Waals surface area contributed by atoms with Crippen LogP contribution in [0.2, 0.25) is 0 Å². The summed E-state index contributed by atoms with van der Waals surface area (Å²) in [6.45, 7) is 5.28. The standard InChI is InChI=1S/C13H15IN6O3/c1-13(2,3)23-12(22)20-6-7(4-17-20)8-5-16-11(21)9(15)10(8)18-19-14/h4-6H,15H2,1-3H3,(H,16,21). The quantitative estimate of drug-likeness (QED) is 0.559. The average molecular weight is 430 g/mol. The summed E-state index contributed by atoms with van der Waals surface area (Å²) in [4.78, 5) is 26.1. The summed E-state index contributed by atoms with van der Waals surface area (Å²) in [6, 6.07) is 0. The second kappa shape index (κ2) is 6.48. The largest absolute Gasteiger partial charge is 0.442 e. The van der Waals surface area contributed by atoms with Crippen molar-refractivity contribution in [2.45, 2.75) is 26.4 Å². The predicted octanol–water partition coefficient (Wildman–Crippen LogP) is 3.04. The molecule has 2 aromatic rings. The fraction of sp³-hybridized carbons (Fsp3) is 0.308. The number of rotatable bonds is 2. The number of aromatic amines is 1. The molecule has 0 aromatic carbocycles. The van der Waals surface area contributed by atoms with Gasteiger partial charge in [0.2, 0.25) is 0 Å². The Bertz CT molecular complexity index is 818. The van der Waals surface area contributed by atoms with Crippen LogP contribution in [0.25, 0.3) is 11.1 Å². The van der Waals surface area contributed by atoms with Crippen LogP contribution in [-0.4, -0.2) is 26.5 Å². The second-order valence-corrected chi connectivity index (χ2v) is 6.05. The van der Waals surface area contributed by atoms with Crippen molar-refractivity contribution in [2.24, 2.45) is 8.44 Å². The van der Waals surface area contributed by atoms with E-state index in [9.17, 15) is 9.59 Å². The van der Waals surface area contributed by atoms with Crippen molar-refractivity contribution >= 4 is 40.3 Å². The van der Waals surface area contributed by atoms with Gasteiger partial charge < -0.3 is 15.5 Å². The second-order valence-electron chi connectivity index (χ2n) is 5.62. The number of H-pyrrole nitrogens is 1. The number of nitrogen functional groups attached to an aromatic ring is 1. The highest BCUT2D eigenvalue weighted by Crippen LogP contribution is 2.33. The lowest BCUT2D eigenvalue weighted by Crippen LogP contribution is -2.27. The summed E-state index contributed by atoms with van der Waals surface area (Å²) >= 11 is 1.68. The first-order valence-corrected chi connectivity index (χ1v) is 7.51. The maximum absolute atomic E-state index is 12.0. The van der Waals surface area contributed by atoms with Crippen molar-refractivity contribution in [3.8, 4) is 11.1 Å². The van der Waals surface area contributed by atoms with Gasteiger partial charge in [-0.05, 0) is 20.8 Å². The number of carbonyl (C=O) groups excluding carboxylic acids is 1. The van der Waals surface area contributed by atoms with E-state index in [1.165, 1.54) is 18.6 Å². The van der Waals surface area contributed by atoms with E-state index < -0.39 is 17.3 Å². The number of hydrogen-bond acceptors (Lipinski definition) is 7. The van der Waals surface area contributed by atoms with E-state index in [-0.39, 0.29) is 11.4 Å². The Balaban J connectivity index is 2.44. The molecule has 0 saturated heterocycles. The lowest BCUT2D eigenvalue weighted by atomic mass is 10.1. The number of hydrogen-bond donors (Lipinski definition) is 2. The van der Waals surface area contributed by atoms with Gasteiger partial charge in [0.05, 0.1) is 6.20 Å². The normalized spacial score (nSPS) is 11.8. The summed E-state index contributed by atoms with van der Waals surface area (Å²) < 4.78 is 9.92. The molecule has 2 rings (SSSR count). The van der Waals surface area contributed by atoms with Crippen molar-refractivity contribution in [1.82, 2.24) is 14.8 Å². The smallest absolute Gasteiger partial charge is 0.435 e. The third-order valence-electron chi connectivity index (χ3n) is 2.71. The molecule has 2 heterocycles. The van der Waals surface area contributed by atoms with Gasteiger partial charge in [0.25, 0.3) is 5.56 Å². The van der Waals surface area contributed by atoms with Crippen LogP contribution < -0.4 is 11.3 Å². The molecular formula is C13H15IN6O3. The first-order valence-electron chi connectivity index (χ1n) is 6.54. The monoisotopic (exact) mass is 430 g/mol. The topological polar surface area (TPSA) is 128 Å². The molecule has 0 saturated carbocycles. The fourth-order valence-corrected chi connectivity index (χ4v) is 1.99. The highest BCUT2D eigenvalue weighted by molar-refractivity contribution is 14.1. The minimum absolute atomic E-state index is 0.0621. The molecule has 0 aliphatic carbocycles. The number of aromatic nitrogens is 3. The van der Waals surface area contributed by atoms with Crippen molar-refractivity contribution in [1.29, 1.82) is 0 Å². The average Bonchev–Trinajstić information content (AvgIpc) is 2.92. The van der Waals surface area contributed by atoms with Crippen LogP contribution in [0, 0.1) is 0 Å². The van der Waals surface area contributed by atoms with Crippen molar-refractivity contribution in [3.63, 3.8) is 0 Å². The molecule has 2 aromatic heterocycles. The molecule has 0 amide bonds. The minimum atomic E-state index is -0.633. The molecule has 0 atom stereocenters. The number of nitrogens with two attached hydrogens (primary N) is 1. The molecule has 0 aliphatic rings. The summed E-state index contributed by atoms with van der Waals surface area (Å²) in [5.41, 5.74) is 5.83. The number of carbonyl (C=O) groups is 1. The van der Waals surface area contributed by atoms with E-state index in [0.29, 0.717) is 11.1 Å². The Kier molecular flexibility index (Phi) is 4.82. The summed E-state index contributed by atoms with van der Waals surface area (Å²) in [5.74, 6) is 0. The van der Waals surface area contributed by atoms with Gasteiger partial charge in [-0.1, -0.05) is 0 Å². The molecule has 0 radical (unpaired) electrons. The Morgan fingerprint density at radius 2 is 2.17 bits per heavy atom. The van der Waals surface area contributed by atoms with Crippen LogP contribution in [0.3, 0.4) is 0 Å². The molecule has 0 bridgehead atoms. The number of pyridine rings is 1. The molecular weight excluding hydrogens is 415 g/mol. The zero-order valence-electron chi connectivity index (χ0n) is 12.7. The Morgan fingerprint density at radius 3 is 2.78 bits per heavy atom. The molecule has 9 nitrogen and oxygen atoms in total. The van der Waals surface area contributed by atoms with Gasteiger partial charge in [-0.3, -0.25) is 4.79 Å². The van der Waals surface area contributed by atoms with E-state index in [4.69, 9.17) is 10.5 Å². The molecule has 23 heavy (non-hydrogen) atoms. The first-order chi connectivity index (χ1) is 10.7. The van der Waals surface area contributed by atoms with Crippen molar-refractivity contribution in [3.05, 3.63) is 28.9 Å². The molecule has 0 unspecified atom stereocenters. The zero-order chi connectivity index (χ0) is 17.2. The van der Waals surface area contributed by atoms with Gasteiger partial charge in [-0.25, -0.2) is 4.79 Å². The SMILES string of the molecule is CC(C)(C)OC(=O)n1cc(-c2c[nH]c(=O)c(N)c2N=NI)cn1. The van der Waals surface area contributed by atoms with Crippen LogP contribution in [0.5, 0.6) is 0 Å². The summed E-state index contributed by atoms with van der Waals surface area (Å²) in [6.07, 6.45) is 3.74. The van der Waals surface area contributed by atoms with Crippen molar-refractivity contribution in [2.75, 3.05) is 5.73 Å². The number of ether oxygens (including phenoxy) is 1. The highest BCUT2D eigenvalue weighted by Gasteiger charge is 2.20. The van der Waals surface area contributed by atoms with Crippen LogP contribution in [0.4, 0.5) is 16.2 Å². The molecule has 0 fully saturated rings. The van der Waals surface area contributed by atoms with Gasteiger partial charge in [0.1, 0.15) is 39.8 Å². The van der Waals surface area contributed by atoms with Crippen LogP contribution >= 0.6 is 22.9 Å². The van der Waals surface area contributed by atoms with Crippen LogP contribution in [-0.2, 0) is 4.74 Å². The maximum atomic E-state index is 12.0. The minimum Gasteiger partial charge on any atom is -0.442 e. The van der Waals surface area contributed by atoms with Gasteiger partial charge in [0.15, 0.2) is 0 Å². The van der Waals surface area contributed by atoms with Crippen molar-refractivity contribution < 1.29 is 9.53 Å². The van der Waals surface area contributed by atoms with Crippen LogP contribution in [0.1, 0.15) is 20.8 Å². The molecule has 122 valence electrons. The number of anilines is 1. The highest BCUT2D eigenvalue weighted by atomic mass is 127. The van der Waals surface area contributed by atoms with Gasteiger partial charge >= 0.3 is 6.09 Å². The van der Waals surface area contributed by atoms with E-state index in [2.05, 4.69) is 18.5 Å². The number of nitrogens with zero attached hydrogens (tertiary/aromatic N) is 4. The Labute approximate surface area is 145 Å².